The van der Waals surface area contributed by atoms with Crippen molar-refractivity contribution in [3.8, 4) is 11.5 Å². The summed E-state index contributed by atoms with van der Waals surface area (Å²) in [4.78, 5) is 12.1. The molecule has 0 fully saturated rings. The quantitative estimate of drug-likeness (QED) is 0.601. The van der Waals surface area contributed by atoms with Crippen LogP contribution in [0, 0.1) is 13.8 Å². The highest BCUT2D eigenvalue weighted by Gasteiger charge is 2.11. The molecule has 0 radical (unpaired) electrons. The molecule has 0 aliphatic carbocycles. The number of benzene rings is 2. The monoisotopic (exact) mass is 417 g/mol. The van der Waals surface area contributed by atoms with Gasteiger partial charge in [-0.2, -0.15) is 0 Å². The van der Waals surface area contributed by atoms with Crippen LogP contribution in [-0.4, -0.2) is 21.9 Å². The lowest BCUT2D eigenvalue weighted by molar-refractivity contribution is -0.113. The number of aryl methyl sites for hydroxylation is 2. The van der Waals surface area contributed by atoms with Crippen molar-refractivity contribution in [2.45, 2.75) is 19.1 Å². The van der Waals surface area contributed by atoms with Gasteiger partial charge in [0.15, 0.2) is 0 Å². The van der Waals surface area contributed by atoms with Gasteiger partial charge in [0.25, 0.3) is 5.22 Å². The lowest BCUT2D eigenvalue weighted by Gasteiger charge is -2.06. The van der Waals surface area contributed by atoms with Crippen LogP contribution >= 0.6 is 27.7 Å². The topological polar surface area (TPSA) is 68.0 Å². The minimum Gasteiger partial charge on any atom is -0.411 e. The molecule has 3 rings (SSSR count). The molecular weight excluding hydrogens is 402 g/mol. The second kappa shape index (κ2) is 7.84. The summed E-state index contributed by atoms with van der Waals surface area (Å²) in [5.41, 5.74) is 3.88. The van der Waals surface area contributed by atoms with Crippen LogP contribution < -0.4 is 5.32 Å². The summed E-state index contributed by atoms with van der Waals surface area (Å²) in [6.07, 6.45) is 0. The van der Waals surface area contributed by atoms with E-state index in [1.165, 1.54) is 11.8 Å². The third kappa shape index (κ3) is 4.70. The first-order chi connectivity index (χ1) is 12.0. The molecule has 1 aromatic heterocycles. The van der Waals surface area contributed by atoms with Crippen molar-refractivity contribution >= 4 is 39.3 Å². The predicted molar refractivity (Wildman–Crippen MR) is 103 cm³/mol. The van der Waals surface area contributed by atoms with E-state index in [-0.39, 0.29) is 11.7 Å². The molecule has 0 unspecified atom stereocenters. The number of nitrogens with one attached hydrogen (secondary N) is 1. The molecule has 0 aliphatic heterocycles. The Morgan fingerprint density at radius 3 is 2.64 bits per heavy atom. The Morgan fingerprint density at radius 2 is 1.92 bits per heavy atom. The molecule has 0 aliphatic rings. The lowest BCUT2D eigenvalue weighted by Crippen LogP contribution is -2.14. The van der Waals surface area contributed by atoms with Crippen molar-refractivity contribution in [3.05, 3.63) is 58.1 Å². The number of amides is 1. The zero-order valence-corrected chi connectivity index (χ0v) is 16.1. The average molecular weight is 418 g/mol. The molecule has 3 aromatic rings. The van der Waals surface area contributed by atoms with E-state index in [9.17, 15) is 4.79 Å². The standard InChI is InChI=1S/C18H16BrN3O2S/c1-11-3-6-13(7-4-11)17-21-22-18(24-17)25-10-16(23)20-14-8-5-12(2)15(19)9-14/h3-9H,10H2,1-2H3,(H,20,23). The first-order valence-corrected chi connectivity index (χ1v) is 9.38. The van der Waals surface area contributed by atoms with Crippen molar-refractivity contribution in [1.82, 2.24) is 10.2 Å². The predicted octanol–water partition coefficient (Wildman–Crippen LogP) is 4.85. The zero-order chi connectivity index (χ0) is 17.8. The molecule has 25 heavy (non-hydrogen) atoms. The van der Waals surface area contributed by atoms with Crippen molar-refractivity contribution in [3.63, 3.8) is 0 Å². The molecule has 1 heterocycles. The molecule has 128 valence electrons. The van der Waals surface area contributed by atoms with Gasteiger partial charge in [0.2, 0.25) is 11.8 Å². The van der Waals surface area contributed by atoms with Crippen LogP contribution in [0.25, 0.3) is 11.5 Å². The highest BCUT2D eigenvalue weighted by Crippen LogP contribution is 2.24. The van der Waals surface area contributed by atoms with Crippen LogP contribution in [0.3, 0.4) is 0 Å². The fraction of sp³-hybridized carbons (Fsp3) is 0.167. The fourth-order valence-corrected chi connectivity index (χ4v) is 3.02. The smallest absolute Gasteiger partial charge is 0.277 e. The fourth-order valence-electron chi connectivity index (χ4n) is 2.08. The Kier molecular flexibility index (Phi) is 5.55. The number of hydrogen-bond donors (Lipinski definition) is 1. The molecule has 0 saturated carbocycles. The van der Waals surface area contributed by atoms with Gasteiger partial charge in [-0.1, -0.05) is 51.5 Å². The first kappa shape index (κ1) is 17.7. The van der Waals surface area contributed by atoms with E-state index in [2.05, 4.69) is 31.4 Å². The van der Waals surface area contributed by atoms with Crippen LogP contribution in [0.15, 0.2) is 56.6 Å². The normalized spacial score (nSPS) is 10.7. The van der Waals surface area contributed by atoms with Crippen LogP contribution in [0.4, 0.5) is 5.69 Å². The maximum Gasteiger partial charge on any atom is 0.277 e. The zero-order valence-electron chi connectivity index (χ0n) is 13.7. The Morgan fingerprint density at radius 1 is 1.16 bits per heavy atom. The van der Waals surface area contributed by atoms with Gasteiger partial charge in [0.05, 0.1) is 5.75 Å². The summed E-state index contributed by atoms with van der Waals surface area (Å²) in [7, 11) is 0. The van der Waals surface area contributed by atoms with E-state index < -0.39 is 0 Å². The molecule has 1 N–H and O–H groups in total. The number of anilines is 1. The van der Waals surface area contributed by atoms with Gasteiger partial charge in [-0.05, 0) is 43.7 Å². The van der Waals surface area contributed by atoms with Gasteiger partial charge in [-0.25, -0.2) is 0 Å². The summed E-state index contributed by atoms with van der Waals surface area (Å²) in [5, 5.41) is 11.2. The van der Waals surface area contributed by atoms with Gasteiger partial charge < -0.3 is 9.73 Å². The summed E-state index contributed by atoms with van der Waals surface area (Å²) in [5.74, 6) is 0.516. The van der Waals surface area contributed by atoms with Crippen molar-refractivity contribution in [2.24, 2.45) is 0 Å². The lowest BCUT2D eigenvalue weighted by atomic mass is 10.1. The highest BCUT2D eigenvalue weighted by atomic mass is 79.9. The van der Waals surface area contributed by atoms with Crippen molar-refractivity contribution in [1.29, 1.82) is 0 Å². The molecular formula is C18H16BrN3O2S. The summed E-state index contributed by atoms with van der Waals surface area (Å²) < 4.78 is 6.55. The van der Waals surface area contributed by atoms with Gasteiger partial charge in [-0.3, -0.25) is 4.79 Å². The van der Waals surface area contributed by atoms with Crippen molar-refractivity contribution < 1.29 is 9.21 Å². The van der Waals surface area contributed by atoms with Crippen LogP contribution in [0.1, 0.15) is 11.1 Å². The molecule has 2 aromatic carbocycles. The van der Waals surface area contributed by atoms with E-state index >= 15 is 0 Å². The SMILES string of the molecule is Cc1ccc(-c2nnc(SCC(=O)Nc3ccc(C)c(Br)c3)o2)cc1. The molecule has 1 amide bonds. The number of halogens is 1. The maximum atomic E-state index is 12.1. The second-order valence-corrected chi connectivity index (χ2v) is 7.32. The summed E-state index contributed by atoms with van der Waals surface area (Å²) in [6, 6.07) is 13.5. The van der Waals surface area contributed by atoms with E-state index in [1.54, 1.807) is 0 Å². The van der Waals surface area contributed by atoms with E-state index in [0.717, 1.165) is 26.9 Å². The van der Waals surface area contributed by atoms with Gasteiger partial charge >= 0.3 is 0 Å². The average Bonchev–Trinajstić information content (AvgIpc) is 3.06. The second-order valence-electron chi connectivity index (χ2n) is 5.54. The van der Waals surface area contributed by atoms with E-state index in [1.807, 2.05) is 56.3 Å². The third-order valence-corrected chi connectivity index (χ3v) is 5.16. The Hall–Kier alpha value is -2.12. The minimum atomic E-state index is -0.129. The van der Waals surface area contributed by atoms with Gasteiger partial charge in [-0.15, -0.1) is 10.2 Å². The van der Waals surface area contributed by atoms with Crippen LogP contribution in [-0.2, 0) is 4.79 Å². The largest absolute Gasteiger partial charge is 0.411 e. The van der Waals surface area contributed by atoms with Crippen LogP contribution in [0.5, 0.6) is 0 Å². The Balaban J connectivity index is 1.57. The minimum absolute atomic E-state index is 0.129. The molecule has 0 atom stereocenters. The summed E-state index contributed by atoms with van der Waals surface area (Å²) in [6.45, 7) is 4.01. The number of thioether (sulfide) groups is 1. The molecule has 5 nitrogen and oxygen atoms in total. The first-order valence-electron chi connectivity index (χ1n) is 7.60. The Labute approximate surface area is 158 Å². The number of hydrogen-bond acceptors (Lipinski definition) is 5. The summed E-state index contributed by atoms with van der Waals surface area (Å²) >= 11 is 4.66. The van der Waals surface area contributed by atoms with Gasteiger partial charge in [0, 0.05) is 15.7 Å². The molecule has 0 bridgehead atoms. The third-order valence-electron chi connectivity index (χ3n) is 3.49. The molecule has 0 spiro atoms. The number of carbonyl (C=O) groups excluding carboxylic acids is 1. The number of aromatic nitrogens is 2. The highest BCUT2D eigenvalue weighted by molar-refractivity contribution is 9.10. The number of carbonyl (C=O) groups is 1. The number of rotatable bonds is 5. The Bertz CT molecular complexity index is 894. The van der Waals surface area contributed by atoms with Gasteiger partial charge in [0.1, 0.15) is 0 Å². The van der Waals surface area contributed by atoms with Crippen LogP contribution in [0.2, 0.25) is 0 Å². The maximum absolute atomic E-state index is 12.1. The number of nitrogens with zero attached hydrogens (tertiary/aromatic N) is 2. The van der Waals surface area contributed by atoms with E-state index in [0.29, 0.717) is 11.1 Å². The van der Waals surface area contributed by atoms with Crippen molar-refractivity contribution in [2.75, 3.05) is 11.1 Å². The van der Waals surface area contributed by atoms with E-state index in [4.69, 9.17) is 4.42 Å². The molecule has 0 saturated heterocycles. The molecule has 7 heteroatoms.